The number of nitrogens with one attached hydrogen (secondary N) is 1. The average Bonchev–Trinajstić information content (AvgIpc) is 2.98. The first-order valence-electron chi connectivity index (χ1n) is 6.49. The maximum absolute atomic E-state index is 13.3. The summed E-state index contributed by atoms with van der Waals surface area (Å²) < 4.78 is 26.7. The van der Waals surface area contributed by atoms with Gasteiger partial charge < -0.3 is 5.32 Å². The van der Waals surface area contributed by atoms with Crippen molar-refractivity contribution in [1.82, 2.24) is 10.6 Å². The van der Waals surface area contributed by atoms with Crippen molar-refractivity contribution in [3.05, 3.63) is 53.4 Å². The third kappa shape index (κ3) is 2.72. The van der Waals surface area contributed by atoms with Gasteiger partial charge in [0.25, 0.3) is 0 Å². The zero-order valence-corrected chi connectivity index (χ0v) is 11.5. The molecule has 1 atom stereocenters. The van der Waals surface area contributed by atoms with Crippen molar-refractivity contribution in [2.24, 2.45) is 5.92 Å². The lowest BCUT2D eigenvalue weighted by atomic mass is 9.91. The second-order valence-electron chi connectivity index (χ2n) is 4.99. The van der Waals surface area contributed by atoms with Crippen molar-refractivity contribution in [2.75, 3.05) is 0 Å². The Bertz CT molecular complexity index is 602. The minimum absolute atomic E-state index is 0.230. The van der Waals surface area contributed by atoms with Crippen LogP contribution in [0.3, 0.4) is 0 Å². The number of hydrogen-bond donors (Lipinski definition) is 1. The Kier molecular flexibility index (Phi) is 3.53. The Balaban J connectivity index is 1.80. The summed E-state index contributed by atoms with van der Waals surface area (Å²) in [5.41, 5.74) is 2.51. The highest BCUT2D eigenvalue weighted by Crippen LogP contribution is 2.38. The lowest BCUT2D eigenvalue weighted by Crippen LogP contribution is -2.16. The maximum Gasteiger partial charge on any atom is 0.197 e. The molecule has 0 unspecified atom stereocenters. The normalized spacial score (nSPS) is 21.3. The minimum atomic E-state index is -0.542. The Hall–Kier alpha value is -1.75. The van der Waals surface area contributed by atoms with Gasteiger partial charge in [-0.05, 0) is 60.7 Å². The molecule has 1 aromatic carbocycles. The molecule has 1 aliphatic heterocycles. The van der Waals surface area contributed by atoms with Gasteiger partial charge in [0, 0.05) is 12.3 Å². The SMILES string of the molecule is Fc1cc(F)cc(C2=CCC[C@H]2CC2=CNC(=S)[N]2)c1. The third-order valence-corrected chi connectivity index (χ3v) is 3.79. The van der Waals surface area contributed by atoms with E-state index < -0.39 is 11.6 Å². The van der Waals surface area contributed by atoms with E-state index >= 15 is 0 Å². The molecule has 0 saturated carbocycles. The Morgan fingerprint density at radius 2 is 2.00 bits per heavy atom. The van der Waals surface area contributed by atoms with Crippen molar-refractivity contribution >= 4 is 22.9 Å². The van der Waals surface area contributed by atoms with E-state index in [0.29, 0.717) is 10.7 Å². The maximum atomic E-state index is 13.3. The molecule has 0 saturated heterocycles. The number of rotatable bonds is 3. The zero-order chi connectivity index (χ0) is 14.1. The van der Waals surface area contributed by atoms with Gasteiger partial charge in [0.1, 0.15) is 11.6 Å². The summed E-state index contributed by atoms with van der Waals surface area (Å²) in [5.74, 6) is -0.854. The van der Waals surface area contributed by atoms with Gasteiger partial charge in [-0.2, -0.15) is 0 Å². The van der Waals surface area contributed by atoms with Gasteiger partial charge in [-0.15, -0.1) is 0 Å². The van der Waals surface area contributed by atoms with Gasteiger partial charge in [0.05, 0.1) is 5.70 Å². The van der Waals surface area contributed by atoms with Crippen molar-refractivity contribution in [1.29, 1.82) is 0 Å². The molecule has 0 bridgehead atoms. The molecule has 2 nitrogen and oxygen atoms in total. The van der Waals surface area contributed by atoms with Gasteiger partial charge in [0.15, 0.2) is 5.11 Å². The molecule has 3 rings (SSSR count). The number of hydrogen-bond acceptors (Lipinski definition) is 1. The van der Waals surface area contributed by atoms with Gasteiger partial charge in [-0.1, -0.05) is 6.08 Å². The largest absolute Gasteiger partial charge is 0.336 e. The van der Waals surface area contributed by atoms with Gasteiger partial charge >= 0.3 is 0 Å². The van der Waals surface area contributed by atoms with E-state index in [9.17, 15) is 8.78 Å². The summed E-state index contributed by atoms with van der Waals surface area (Å²) in [6, 6.07) is 3.66. The lowest BCUT2D eigenvalue weighted by molar-refractivity contribution is 0.580. The topological polar surface area (TPSA) is 26.1 Å². The second kappa shape index (κ2) is 5.32. The summed E-state index contributed by atoms with van der Waals surface area (Å²) in [4.78, 5) is 0. The van der Waals surface area contributed by atoms with Crippen LogP contribution < -0.4 is 10.6 Å². The first-order chi connectivity index (χ1) is 9.61. The predicted octanol–water partition coefficient (Wildman–Crippen LogP) is 3.48. The number of thiocarbonyl (C=S) groups is 1. The fraction of sp³-hybridized carbons (Fsp3) is 0.267. The summed E-state index contributed by atoms with van der Waals surface area (Å²) >= 11 is 4.95. The Labute approximate surface area is 121 Å². The van der Waals surface area contributed by atoms with E-state index in [-0.39, 0.29) is 5.92 Å². The fourth-order valence-electron chi connectivity index (χ4n) is 2.75. The van der Waals surface area contributed by atoms with Crippen LogP contribution in [0.1, 0.15) is 24.8 Å². The Morgan fingerprint density at radius 3 is 2.65 bits per heavy atom. The Morgan fingerprint density at radius 1 is 1.25 bits per heavy atom. The van der Waals surface area contributed by atoms with Gasteiger partial charge in [-0.25, -0.2) is 14.1 Å². The van der Waals surface area contributed by atoms with Crippen molar-refractivity contribution in [3.63, 3.8) is 0 Å². The highest BCUT2D eigenvalue weighted by atomic mass is 32.1. The quantitative estimate of drug-likeness (QED) is 0.863. The standard InChI is InChI=1S/C15H13F2N2S/c16-11-4-10(5-12(17)7-11)14-3-1-2-9(14)6-13-8-18-15(20)19-13/h3-5,7-9H,1-2,6H2,(H,18,20)/t9-/m0/s1. The van der Waals surface area contributed by atoms with E-state index in [4.69, 9.17) is 12.2 Å². The van der Waals surface area contributed by atoms with E-state index in [1.807, 2.05) is 0 Å². The number of nitrogens with zero attached hydrogens (tertiary/aromatic N) is 1. The molecule has 1 heterocycles. The molecule has 0 aromatic heterocycles. The highest BCUT2D eigenvalue weighted by Gasteiger charge is 2.24. The zero-order valence-electron chi connectivity index (χ0n) is 10.7. The van der Waals surface area contributed by atoms with Crippen LogP contribution in [0, 0.1) is 17.6 Å². The van der Waals surface area contributed by atoms with E-state index in [1.54, 1.807) is 6.20 Å². The number of allylic oxidation sites excluding steroid dienone is 3. The average molecular weight is 291 g/mol. The van der Waals surface area contributed by atoms with Gasteiger partial charge in [-0.3, -0.25) is 0 Å². The molecule has 2 aliphatic rings. The monoisotopic (exact) mass is 291 g/mol. The van der Waals surface area contributed by atoms with Crippen LogP contribution in [0.25, 0.3) is 5.57 Å². The van der Waals surface area contributed by atoms with Crippen LogP contribution in [-0.4, -0.2) is 5.11 Å². The van der Waals surface area contributed by atoms with Gasteiger partial charge in [0.2, 0.25) is 0 Å². The van der Waals surface area contributed by atoms with Crippen LogP contribution in [0.5, 0.6) is 0 Å². The van der Waals surface area contributed by atoms with Crippen LogP contribution in [0.4, 0.5) is 8.78 Å². The first kappa shape index (κ1) is 13.2. The molecule has 20 heavy (non-hydrogen) atoms. The number of benzene rings is 1. The third-order valence-electron chi connectivity index (χ3n) is 3.58. The lowest BCUT2D eigenvalue weighted by Gasteiger charge is -2.15. The van der Waals surface area contributed by atoms with Crippen molar-refractivity contribution in [3.8, 4) is 0 Å². The summed E-state index contributed by atoms with van der Waals surface area (Å²) in [7, 11) is 0. The van der Waals surface area contributed by atoms with Crippen LogP contribution in [0.15, 0.2) is 36.2 Å². The molecular weight excluding hydrogens is 278 g/mol. The minimum Gasteiger partial charge on any atom is -0.336 e. The van der Waals surface area contributed by atoms with Crippen LogP contribution in [-0.2, 0) is 0 Å². The van der Waals surface area contributed by atoms with Crippen molar-refractivity contribution < 1.29 is 8.78 Å². The summed E-state index contributed by atoms with van der Waals surface area (Å²) in [6.45, 7) is 0. The summed E-state index contributed by atoms with van der Waals surface area (Å²) in [6.07, 6.45) is 6.47. The molecule has 1 radical (unpaired) electrons. The van der Waals surface area contributed by atoms with E-state index in [2.05, 4.69) is 16.7 Å². The smallest absolute Gasteiger partial charge is 0.197 e. The molecule has 5 heteroatoms. The predicted molar refractivity (Wildman–Crippen MR) is 77.6 cm³/mol. The molecule has 0 spiro atoms. The molecule has 1 N–H and O–H groups in total. The molecule has 103 valence electrons. The van der Waals surface area contributed by atoms with Crippen LogP contribution in [0.2, 0.25) is 0 Å². The van der Waals surface area contributed by atoms with Crippen LogP contribution >= 0.6 is 12.2 Å². The second-order valence-corrected chi connectivity index (χ2v) is 5.38. The molecular formula is C15H13F2N2S. The van der Waals surface area contributed by atoms with Crippen molar-refractivity contribution in [2.45, 2.75) is 19.3 Å². The molecule has 0 fully saturated rings. The van der Waals surface area contributed by atoms with E-state index in [0.717, 1.165) is 36.6 Å². The molecule has 0 amide bonds. The number of halogens is 2. The first-order valence-corrected chi connectivity index (χ1v) is 6.90. The molecule has 1 aromatic rings. The van der Waals surface area contributed by atoms with E-state index in [1.165, 1.54) is 12.1 Å². The fourth-order valence-corrected chi connectivity index (χ4v) is 2.92. The molecule has 1 aliphatic carbocycles. The highest BCUT2D eigenvalue weighted by molar-refractivity contribution is 7.80. The summed E-state index contributed by atoms with van der Waals surface area (Å²) in [5, 5.41) is 7.57.